The highest BCUT2D eigenvalue weighted by molar-refractivity contribution is 7.99. The number of hydrogen-bond acceptors (Lipinski definition) is 3. The molecule has 2 N–H and O–H groups in total. The number of benzene rings is 1. The second-order valence-electron chi connectivity index (χ2n) is 6.06. The lowest BCUT2D eigenvalue weighted by molar-refractivity contribution is 0.234. The van der Waals surface area contributed by atoms with E-state index in [2.05, 4.69) is 50.4 Å². The van der Waals surface area contributed by atoms with Gasteiger partial charge in [-0.15, -0.1) is 0 Å². The number of hydrogen-bond donors (Lipinski definition) is 2. The third kappa shape index (κ3) is 3.21. The van der Waals surface area contributed by atoms with Gasteiger partial charge < -0.3 is 10.4 Å². The summed E-state index contributed by atoms with van der Waals surface area (Å²) in [5, 5.41) is 12.9. The Morgan fingerprint density at radius 1 is 1.22 bits per heavy atom. The van der Waals surface area contributed by atoms with Crippen molar-refractivity contribution in [1.29, 1.82) is 0 Å². The largest absolute Gasteiger partial charge is 0.396 e. The maximum Gasteiger partial charge on any atom is 0.0487 e. The lowest BCUT2D eigenvalue weighted by Crippen LogP contribution is -2.29. The summed E-state index contributed by atoms with van der Waals surface area (Å²) in [7, 11) is 0. The molecule has 0 aromatic heterocycles. The summed E-state index contributed by atoms with van der Waals surface area (Å²) in [6, 6.07) is 9.09. The number of thioether (sulfide) groups is 1. The van der Waals surface area contributed by atoms with E-state index in [4.69, 9.17) is 0 Å². The zero-order valence-electron chi connectivity index (χ0n) is 11.4. The third-order valence-corrected chi connectivity index (χ3v) is 4.79. The minimum atomic E-state index is 0.204. The van der Waals surface area contributed by atoms with E-state index in [-0.39, 0.29) is 12.0 Å². The second kappa shape index (κ2) is 5.54. The summed E-state index contributed by atoms with van der Waals surface area (Å²) in [5.74, 6) is 2.54. The average molecular weight is 265 g/mol. The molecule has 1 aromatic rings. The van der Waals surface area contributed by atoms with Crippen molar-refractivity contribution in [3.8, 4) is 0 Å². The molecule has 1 fully saturated rings. The molecule has 0 bridgehead atoms. The number of rotatable bonds is 3. The number of nitrogens with one attached hydrogen (secondary N) is 1. The highest BCUT2D eigenvalue weighted by Crippen LogP contribution is 2.28. The summed E-state index contributed by atoms with van der Waals surface area (Å²) in [6.07, 6.45) is 0. The summed E-state index contributed by atoms with van der Waals surface area (Å²) >= 11 is 1.92. The predicted molar refractivity (Wildman–Crippen MR) is 80.5 cm³/mol. The van der Waals surface area contributed by atoms with Crippen molar-refractivity contribution in [2.24, 2.45) is 5.92 Å². The van der Waals surface area contributed by atoms with Gasteiger partial charge in [0.2, 0.25) is 0 Å². The Balaban J connectivity index is 2.02. The average Bonchev–Trinajstić information content (AvgIpc) is 2.76. The van der Waals surface area contributed by atoms with E-state index in [0.717, 1.165) is 17.2 Å². The maximum atomic E-state index is 9.31. The van der Waals surface area contributed by atoms with Gasteiger partial charge in [-0.05, 0) is 23.1 Å². The van der Waals surface area contributed by atoms with Crippen LogP contribution in [0.1, 0.15) is 26.3 Å². The van der Waals surface area contributed by atoms with Crippen LogP contribution in [0.2, 0.25) is 0 Å². The maximum absolute atomic E-state index is 9.31. The Kier molecular flexibility index (Phi) is 4.23. The van der Waals surface area contributed by atoms with Gasteiger partial charge in [0.1, 0.15) is 0 Å². The normalized spacial score (nSPS) is 24.2. The molecule has 1 aromatic carbocycles. The van der Waals surface area contributed by atoms with E-state index in [1.54, 1.807) is 0 Å². The van der Waals surface area contributed by atoms with Crippen molar-refractivity contribution in [2.75, 3.05) is 23.4 Å². The summed E-state index contributed by atoms with van der Waals surface area (Å²) in [5.41, 5.74) is 2.72. The Hall–Kier alpha value is -0.670. The molecule has 100 valence electrons. The first-order valence-electron chi connectivity index (χ1n) is 6.56. The van der Waals surface area contributed by atoms with Gasteiger partial charge in [0.25, 0.3) is 0 Å². The van der Waals surface area contributed by atoms with Crippen LogP contribution in [-0.4, -0.2) is 29.3 Å². The highest BCUT2D eigenvalue weighted by atomic mass is 32.2. The van der Waals surface area contributed by atoms with Crippen LogP contribution in [0, 0.1) is 5.92 Å². The van der Waals surface area contributed by atoms with Crippen molar-refractivity contribution in [1.82, 2.24) is 0 Å². The van der Waals surface area contributed by atoms with E-state index < -0.39 is 0 Å². The molecule has 2 rings (SSSR count). The van der Waals surface area contributed by atoms with Gasteiger partial charge in [-0.1, -0.05) is 32.9 Å². The van der Waals surface area contributed by atoms with E-state index >= 15 is 0 Å². The first kappa shape index (κ1) is 13.8. The summed E-state index contributed by atoms with van der Waals surface area (Å²) in [4.78, 5) is 0. The molecule has 2 atom stereocenters. The minimum absolute atomic E-state index is 0.204. The fraction of sp³-hybridized carbons (Fsp3) is 0.600. The molecule has 0 amide bonds. The zero-order valence-corrected chi connectivity index (χ0v) is 12.3. The fourth-order valence-electron chi connectivity index (χ4n) is 2.22. The summed E-state index contributed by atoms with van der Waals surface area (Å²) in [6.45, 7) is 6.96. The molecule has 1 aliphatic heterocycles. The molecule has 0 aliphatic carbocycles. The van der Waals surface area contributed by atoms with Crippen LogP contribution in [0.15, 0.2) is 24.3 Å². The van der Waals surface area contributed by atoms with Crippen molar-refractivity contribution in [3.05, 3.63) is 29.8 Å². The first-order chi connectivity index (χ1) is 8.50. The van der Waals surface area contributed by atoms with Gasteiger partial charge in [-0.2, -0.15) is 11.8 Å². The Bertz CT molecular complexity index is 382. The van der Waals surface area contributed by atoms with Crippen LogP contribution in [0.4, 0.5) is 5.69 Å². The fourth-order valence-corrected chi connectivity index (χ4v) is 3.60. The van der Waals surface area contributed by atoms with Crippen molar-refractivity contribution >= 4 is 17.4 Å². The van der Waals surface area contributed by atoms with Crippen molar-refractivity contribution in [3.63, 3.8) is 0 Å². The van der Waals surface area contributed by atoms with Gasteiger partial charge >= 0.3 is 0 Å². The Morgan fingerprint density at radius 3 is 2.44 bits per heavy atom. The molecular formula is C15H23NOS. The van der Waals surface area contributed by atoms with E-state index in [9.17, 15) is 5.11 Å². The highest BCUT2D eigenvalue weighted by Gasteiger charge is 2.26. The lowest BCUT2D eigenvalue weighted by Gasteiger charge is -2.22. The topological polar surface area (TPSA) is 32.3 Å². The van der Waals surface area contributed by atoms with Gasteiger partial charge in [0, 0.05) is 35.8 Å². The molecule has 0 spiro atoms. The smallest absolute Gasteiger partial charge is 0.0487 e. The van der Waals surface area contributed by atoms with E-state index in [1.807, 2.05) is 11.8 Å². The minimum Gasteiger partial charge on any atom is -0.396 e. The van der Waals surface area contributed by atoms with Crippen LogP contribution in [0.3, 0.4) is 0 Å². The van der Waals surface area contributed by atoms with Crippen LogP contribution in [0.25, 0.3) is 0 Å². The van der Waals surface area contributed by atoms with Crippen LogP contribution < -0.4 is 5.32 Å². The van der Waals surface area contributed by atoms with Gasteiger partial charge in [-0.25, -0.2) is 0 Å². The number of anilines is 1. The summed E-state index contributed by atoms with van der Waals surface area (Å²) < 4.78 is 0. The lowest BCUT2D eigenvalue weighted by atomic mass is 9.87. The van der Waals surface area contributed by atoms with Crippen molar-refractivity contribution in [2.45, 2.75) is 32.2 Å². The molecule has 0 radical (unpaired) electrons. The predicted octanol–water partition coefficient (Wildman–Crippen LogP) is 3.12. The molecule has 2 nitrogen and oxygen atoms in total. The van der Waals surface area contributed by atoms with E-state index in [0.29, 0.717) is 12.0 Å². The second-order valence-corrected chi connectivity index (χ2v) is 7.13. The molecular weight excluding hydrogens is 242 g/mol. The quantitative estimate of drug-likeness (QED) is 0.880. The number of aliphatic hydroxyl groups excluding tert-OH is 1. The van der Waals surface area contributed by atoms with Crippen molar-refractivity contribution < 1.29 is 5.11 Å². The Labute approximate surface area is 114 Å². The third-order valence-electron chi connectivity index (χ3n) is 3.54. The van der Waals surface area contributed by atoms with Gasteiger partial charge in [-0.3, -0.25) is 0 Å². The standard InChI is InChI=1S/C15H23NOS/c1-15(2,3)12-4-6-13(7-5-12)16-14-10-18-9-11(14)8-17/h4-7,11,14,16-17H,8-10H2,1-3H3/t11-,14+/m0/s1. The Morgan fingerprint density at radius 2 is 1.89 bits per heavy atom. The molecule has 18 heavy (non-hydrogen) atoms. The molecule has 1 saturated heterocycles. The number of aliphatic hydroxyl groups is 1. The first-order valence-corrected chi connectivity index (χ1v) is 7.72. The monoisotopic (exact) mass is 265 g/mol. The zero-order chi connectivity index (χ0) is 13.2. The molecule has 1 heterocycles. The van der Waals surface area contributed by atoms with Gasteiger partial charge in [0.05, 0.1) is 0 Å². The van der Waals surface area contributed by atoms with Crippen LogP contribution in [-0.2, 0) is 5.41 Å². The SMILES string of the molecule is CC(C)(C)c1ccc(N[C@@H]2CSC[C@@H]2CO)cc1. The van der Waals surface area contributed by atoms with E-state index in [1.165, 1.54) is 5.56 Å². The van der Waals surface area contributed by atoms with Crippen LogP contribution >= 0.6 is 11.8 Å². The molecule has 3 heteroatoms. The molecule has 0 saturated carbocycles. The molecule has 0 unspecified atom stereocenters. The van der Waals surface area contributed by atoms with Gasteiger partial charge in [0.15, 0.2) is 0 Å². The van der Waals surface area contributed by atoms with Crippen LogP contribution in [0.5, 0.6) is 0 Å². The molecule has 1 aliphatic rings.